The summed E-state index contributed by atoms with van der Waals surface area (Å²) in [6, 6.07) is 5.97. The van der Waals surface area contributed by atoms with Crippen LogP contribution in [0.15, 0.2) is 17.5 Å². The van der Waals surface area contributed by atoms with Gasteiger partial charge in [-0.1, -0.05) is 19.4 Å². The highest BCUT2D eigenvalue weighted by Gasteiger charge is 2.19. The molecular weight excluding hydrogens is 220 g/mol. The fourth-order valence-electron chi connectivity index (χ4n) is 1.47. The number of thiophene rings is 1. The minimum Gasteiger partial charge on any atom is -0.348 e. The Morgan fingerprint density at radius 2 is 2.44 bits per heavy atom. The van der Waals surface area contributed by atoms with E-state index in [9.17, 15) is 4.79 Å². The number of hydrogen-bond donors (Lipinski definition) is 1. The van der Waals surface area contributed by atoms with Gasteiger partial charge in [-0.05, 0) is 24.8 Å². The summed E-state index contributed by atoms with van der Waals surface area (Å²) in [5.41, 5.74) is 0. The van der Waals surface area contributed by atoms with Crippen LogP contribution in [-0.2, 0) is 4.79 Å². The Kier molecular flexibility index (Phi) is 5.00. The lowest BCUT2D eigenvalue weighted by molar-refractivity contribution is -0.124. The molecule has 1 aromatic heterocycles. The summed E-state index contributed by atoms with van der Waals surface area (Å²) < 4.78 is 0. The van der Waals surface area contributed by atoms with Gasteiger partial charge < -0.3 is 5.32 Å². The Hall–Kier alpha value is -1.34. The number of carbonyl (C=O) groups excluding carboxylic acids is 1. The molecule has 2 atom stereocenters. The lowest BCUT2D eigenvalue weighted by Gasteiger charge is -2.14. The largest absolute Gasteiger partial charge is 0.348 e. The van der Waals surface area contributed by atoms with E-state index in [-0.39, 0.29) is 11.9 Å². The molecule has 0 aliphatic rings. The zero-order chi connectivity index (χ0) is 12.0. The standard InChI is InChI=1S/C12H16N2OS/c1-3-5-10(8-13)12(15)14-9(2)11-6-4-7-16-11/h4,6-7,9-10H,3,5H2,1-2H3,(H,14,15). The Bertz CT molecular complexity index is 367. The van der Waals surface area contributed by atoms with E-state index >= 15 is 0 Å². The predicted molar refractivity (Wildman–Crippen MR) is 64.9 cm³/mol. The van der Waals surface area contributed by atoms with Gasteiger partial charge in [-0.25, -0.2) is 0 Å². The Labute approximate surface area is 100 Å². The molecule has 0 fully saturated rings. The fraction of sp³-hybridized carbons (Fsp3) is 0.500. The first kappa shape index (κ1) is 12.7. The molecule has 1 N–H and O–H groups in total. The second kappa shape index (κ2) is 6.29. The van der Waals surface area contributed by atoms with Crippen molar-refractivity contribution in [2.75, 3.05) is 0 Å². The number of nitriles is 1. The SMILES string of the molecule is CCCC(C#N)C(=O)NC(C)c1cccs1. The molecule has 0 aromatic carbocycles. The normalized spacial score (nSPS) is 13.8. The van der Waals surface area contributed by atoms with E-state index in [2.05, 4.69) is 5.32 Å². The summed E-state index contributed by atoms with van der Waals surface area (Å²) in [4.78, 5) is 12.9. The number of carbonyl (C=O) groups is 1. The smallest absolute Gasteiger partial charge is 0.237 e. The van der Waals surface area contributed by atoms with Crippen molar-refractivity contribution >= 4 is 17.2 Å². The van der Waals surface area contributed by atoms with Gasteiger partial charge in [0.25, 0.3) is 0 Å². The third kappa shape index (κ3) is 3.35. The maximum Gasteiger partial charge on any atom is 0.237 e. The van der Waals surface area contributed by atoms with Gasteiger partial charge in [-0.15, -0.1) is 11.3 Å². The van der Waals surface area contributed by atoms with Gasteiger partial charge in [0.2, 0.25) is 5.91 Å². The van der Waals surface area contributed by atoms with E-state index in [4.69, 9.17) is 5.26 Å². The second-order valence-electron chi connectivity index (χ2n) is 3.72. The first-order chi connectivity index (χ1) is 7.69. The molecule has 1 amide bonds. The molecule has 3 nitrogen and oxygen atoms in total. The molecule has 0 aliphatic heterocycles. The molecular formula is C12H16N2OS. The van der Waals surface area contributed by atoms with Gasteiger partial charge in [-0.2, -0.15) is 5.26 Å². The van der Waals surface area contributed by atoms with E-state index in [1.165, 1.54) is 0 Å². The molecule has 1 heterocycles. The van der Waals surface area contributed by atoms with Crippen molar-refractivity contribution in [3.05, 3.63) is 22.4 Å². The zero-order valence-corrected chi connectivity index (χ0v) is 10.4. The van der Waals surface area contributed by atoms with Gasteiger partial charge in [-0.3, -0.25) is 4.79 Å². The van der Waals surface area contributed by atoms with E-state index < -0.39 is 5.92 Å². The van der Waals surface area contributed by atoms with Crippen molar-refractivity contribution in [1.82, 2.24) is 5.32 Å². The average Bonchev–Trinajstić information content (AvgIpc) is 2.78. The monoisotopic (exact) mass is 236 g/mol. The van der Waals surface area contributed by atoms with Gasteiger partial charge in [0.15, 0.2) is 0 Å². The lowest BCUT2D eigenvalue weighted by Crippen LogP contribution is -2.31. The summed E-state index contributed by atoms with van der Waals surface area (Å²) in [6.45, 7) is 3.91. The first-order valence-corrected chi connectivity index (χ1v) is 6.30. The van der Waals surface area contributed by atoms with Crippen LogP contribution in [0.3, 0.4) is 0 Å². The number of rotatable bonds is 5. The van der Waals surface area contributed by atoms with E-state index in [0.29, 0.717) is 6.42 Å². The van der Waals surface area contributed by atoms with Crippen LogP contribution in [0, 0.1) is 17.2 Å². The molecule has 0 spiro atoms. The molecule has 4 heteroatoms. The highest BCUT2D eigenvalue weighted by Crippen LogP contribution is 2.19. The van der Waals surface area contributed by atoms with Gasteiger partial charge >= 0.3 is 0 Å². The highest BCUT2D eigenvalue weighted by atomic mass is 32.1. The fourth-order valence-corrected chi connectivity index (χ4v) is 2.20. The van der Waals surface area contributed by atoms with Crippen LogP contribution in [0.25, 0.3) is 0 Å². The van der Waals surface area contributed by atoms with Crippen LogP contribution in [0.2, 0.25) is 0 Å². The Balaban J connectivity index is 2.54. The van der Waals surface area contributed by atoms with E-state index in [1.54, 1.807) is 11.3 Å². The number of nitrogens with one attached hydrogen (secondary N) is 1. The molecule has 0 saturated heterocycles. The summed E-state index contributed by atoms with van der Waals surface area (Å²) >= 11 is 1.61. The van der Waals surface area contributed by atoms with Gasteiger partial charge in [0.1, 0.15) is 5.92 Å². The Morgan fingerprint density at radius 1 is 1.69 bits per heavy atom. The maximum absolute atomic E-state index is 11.7. The molecule has 0 aliphatic carbocycles. The molecule has 0 bridgehead atoms. The minimum absolute atomic E-state index is 0.0137. The topological polar surface area (TPSA) is 52.9 Å². The number of hydrogen-bond acceptors (Lipinski definition) is 3. The third-order valence-electron chi connectivity index (χ3n) is 2.38. The third-order valence-corrected chi connectivity index (χ3v) is 3.43. The summed E-state index contributed by atoms with van der Waals surface area (Å²) in [5.74, 6) is -0.683. The van der Waals surface area contributed by atoms with Crippen LogP contribution in [0.1, 0.15) is 37.6 Å². The van der Waals surface area contributed by atoms with Crippen molar-refractivity contribution in [1.29, 1.82) is 5.26 Å². The van der Waals surface area contributed by atoms with Crippen molar-refractivity contribution < 1.29 is 4.79 Å². The van der Waals surface area contributed by atoms with Gasteiger partial charge in [0, 0.05) is 4.88 Å². The second-order valence-corrected chi connectivity index (χ2v) is 4.70. The average molecular weight is 236 g/mol. The molecule has 1 aromatic rings. The quantitative estimate of drug-likeness (QED) is 0.854. The molecule has 0 saturated carbocycles. The summed E-state index contributed by atoms with van der Waals surface area (Å²) in [5, 5.41) is 13.7. The van der Waals surface area contributed by atoms with Crippen LogP contribution in [0.4, 0.5) is 0 Å². The van der Waals surface area contributed by atoms with E-state index in [1.807, 2.05) is 37.4 Å². The predicted octanol–water partition coefficient (Wildman–Crippen LogP) is 2.87. The molecule has 86 valence electrons. The van der Waals surface area contributed by atoms with Crippen LogP contribution < -0.4 is 5.32 Å². The summed E-state index contributed by atoms with van der Waals surface area (Å²) in [6.07, 6.45) is 1.47. The summed E-state index contributed by atoms with van der Waals surface area (Å²) in [7, 11) is 0. The number of amides is 1. The molecule has 2 unspecified atom stereocenters. The van der Waals surface area contributed by atoms with Gasteiger partial charge in [0.05, 0.1) is 12.1 Å². The molecule has 1 rings (SSSR count). The minimum atomic E-state index is -0.521. The first-order valence-electron chi connectivity index (χ1n) is 5.42. The van der Waals surface area contributed by atoms with Crippen LogP contribution in [-0.4, -0.2) is 5.91 Å². The number of nitrogens with zero attached hydrogens (tertiary/aromatic N) is 1. The molecule has 16 heavy (non-hydrogen) atoms. The van der Waals surface area contributed by atoms with Crippen LogP contribution in [0.5, 0.6) is 0 Å². The maximum atomic E-state index is 11.7. The Morgan fingerprint density at radius 3 is 2.94 bits per heavy atom. The van der Waals surface area contributed by atoms with Crippen LogP contribution >= 0.6 is 11.3 Å². The molecule has 0 radical (unpaired) electrons. The van der Waals surface area contributed by atoms with Crippen molar-refractivity contribution in [2.45, 2.75) is 32.7 Å². The van der Waals surface area contributed by atoms with Crippen molar-refractivity contribution in [2.24, 2.45) is 5.92 Å². The van der Waals surface area contributed by atoms with Crippen molar-refractivity contribution in [3.63, 3.8) is 0 Å². The van der Waals surface area contributed by atoms with E-state index in [0.717, 1.165) is 11.3 Å². The zero-order valence-electron chi connectivity index (χ0n) is 9.56. The highest BCUT2D eigenvalue weighted by molar-refractivity contribution is 7.10. The van der Waals surface area contributed by atoms with Crippen molar-refractivity contribution in [3.8, 4) is 6.07 Å². The lowest BCUT2D eigenvalue weighted by atomic mass is 10.0.